The Kier molecular flexibility index (Phi) is 8.55. The van der Waals surface area contributed by atoms with E-state index in [1.165, 1.54) is 123 Å². The number of rotatable bonds is 6. The summed E-state index contributed by atoms with van der Waals surface area (Å²) < 4.78 is 2.66. The van der Waals surface area contributed by atoms with Gasteiger partial charge in [-0.25, -0.2) is 0 Å². The van der Waals surface area contributed by atoms with Gasteiger partial charge in [-0.3, -0.25) is 0 Å². The zero-order valence-corrected chi connectivity index (χ0v) is 42.5. The van der Waals surface area contributed by atoms with E-state index in [4.69, 9.17) is 0 Å². The number of hydrogen-bond donors (Lipinski definition) is 0. The third-order valence-electron chi connectivity index (χ3n) is 18.8. The molecule has 346 valence electrons. The molecule has 0 radical (unpaired) electrons. The van der Waals surface area contributed by atoms with Crippen molar-refractivity contribution in [3.63, 3.8) is 0 Å². The molecular weight excluding hydrogens is 875 g/mol. The van der Waals surface area contributed by atoms with Gasteiger partial charge in [-0.05, 0) is 174 Å². The van der Waals surface area contributed by atoms with Crippen molar-refractivity contribution >= 4 is 59.3 Å². The molecule has 1 nitrogen and oxygen atoms in total. The van der Waals surface area contributed by atoms with Gasteiger partial charge in [0.25, 0.3) is 0 Å². The maximum absolute atomic E-state index is 2.67. The standard InChI is InChI=1S/C69H59NS/c1-66(2,3)44-33-43(34-45(36-44)67(4,5)6)51-24-14-17-41-18-15-26-55(64(41)51)54-22-8-11-28-59(54)70(48-20-13-19-42(35-48)50-25-16-30-61-65(50)56-23-9-12-29-60(56)71-61)49-31-32-53-52-21-7-10-27-57(52)69(58(53)40-49)62-38-46-37-47-39-63(69)68(46,47)62/h7-36,40,46-47,62-63H,37-39H2,1-6H3. The van der Waals surface area contributed by atoms with E-state index in [1.807, 2.05) is 11.3 Å². The number of thiophene rings is 1. The van der Waals surface area contributed by atoms with Gasteiger partial charge in [0.15, 0.2) is 0 Å². The SMILES string of the molecule is CC(C)(C)c1cc(-c2cccc3cccc(-c4ccccc4N(c4cccc(-c5cccc6sc7ccccc7c56)c4)c4ccc5c(c4)C4(c6ccccc6-5)C5CC6CC7CC4C675)c23)cc(C(C)(C)C)c1. The number of fused-ring (bicyclic) bond motifs is 11. The highest BCUT2D eigenvalue weighted by Crippen LogP contribution is 2.95. The lowest BCUT2D eigenvalue weighted by Gasteiger charge is -2.92. The van der Waals surface area contributed by atoms with Crippen LogP contribution in [0.3, 0.4) is 0 Å². The van der Waals surface area contributed by atoms with E-state index in [1.54, 1.807) is 11.1 Å². The molecule has 4 atom stereocenters. The first-order chi connectivity index (χ1) is 34.4. The molecule has 0 amide bonds. The largest absolute Gasteiger partial charge is 0.310 e. The average Bonchev–Trinajstić information content (AvgIpc) is 3.91. The fraction of sp³-hybridized carbons (Fsp3) is 0.246. The van der Waals surface area contributed by atoms with E-state index in [0.29, 0.717) is 5.41 Å². The summed E-state index contributed by atoms with van der Waals surface area (Å²) >= 11 is 1.89. The summed E-state index contributed by atoms with van der Waals surface area (Å²) in [5.41, 5.74) is 20.7. The zero-order valence-electron chi connectivity index (χ0n) is 41.7. The number of nitrogens with zero attached hydrogens (tertiary/aromatic N) is 1. The fourth-order valence-corrected chi connectivity index (χ4v) is 16.8. The maximum atomic E-state index is 2.67. The lowest BCUT2D eigenvalue weighted by Crippen LogP contribution is -2.88. The fourth-order valence-electron chi connectivity index (χ4n) is 15.7. The number of benzene rings is 9. The van der Waals surface area contributed by atoms with Gasteiger partial charge in [0.2, 0.25) is 0 Å². The Balaban J connectivity index is 0.964. The zero-order chi connectivity index (χ0) is 47.8. The molecule has 2 heteroatoms. The number of anilines is 3. The van der Waals surface area contributed by atoms with E-state index in [-0.39, 0.29) is 16.2 Å². The molecule has 0 N–H and O–H groups in total. The van der Waals surface area contributed by atoms with Crippen LogP contribution >= 0.6 is 11.3 Å². The maximum Gasteiger partial charge on any atom is 0.0540 e. The molecule has 71 heavy (non-hydrogen) atoms. The van der Waals surface area contributed by atoms with Gasteiger partial charge >= 0.3 is 0 Å². The predicted molar refractivity (Wildman–Crippen MR) is 302 cm³/mol. The van der Waals surface area contributed by atoms with Crippen molar-refractivity contribution < 1.29 is 0 Å². The molecule has 4 saturated carbocycles. The van der Waals surface area contributed by atoms with Crippen LogP contribution in [0.5, 0.6) is 0 Å². The molecule has 9 aromatic carbocycles. The van der Waals surface area contributed by atoms with Gasteiger partial charge in [-0.2, -0.15) is 0 Å². The van der Waals surface area contributed by atoms with Crippen LogP contribution < -0.4 is 4.90 Å². The molecule has 15 rings (SSSR count). The lowest BCUT2D eigenvalue weighted by atomic mass is 9.11. The third-order valence-corrected chi connectivity index (χ3v) is 20.0. The van der Waals surface area contributed by atoms with Crippen LogP contribution in [0.25, 0.3) is 75.5 Å². The van der Waals surface area contributed by atoms with Crippen LogP contribution in [0.1, 0.15) is 83.1 Å². The topological polar surface area (TPSA) is 3.24 Å². The van der Waals surface area contributed by atoms with Crippen LogP contribution in [0.4, 0.5) is 17.1 Å². The molecular formula is C69H59NS. The molecule has 4 unspecified atom stereocenters. The number of hydrogen-bond acceptors (Lipinski definition) is 2. The minimum Gasteiger partial charge on any atom is -0.310 e. The van der Waals surface area contributed by atoms with Crippen molar-refractivity contribution in [1.29, 1.82) is 0 Å². The van der Waals surface area contributed by atoms with Crippen molar-refractivity contribution in [1.82, 2.24) is 0 Å². The molecule has 5 aliphatic carbocycles. The molecule has 0 aliphatic heterocycles. The molecule has 0 saturated heterocycles. The molecule has 5 aliphatic rings. The highest BCUT2D eigenvalue weighted by Gasteiger charge is 2.90. The first-order valence-electron chi connectivity index (χ1n) is 26.3. The highest BCUT2D eigenvalue weighted by atomic mass is 32.1. The average molecular weight is 934 g/mol. The summed E-state index contributed by atoms with van der Waals surface area (Å²) in [5, 5.41) is 5.22. The second-order valence-corrected chi connectivity index (χ2v) is 25.1. The van der Waals surface area contributed by atoms with Crippen LogP contribution in [0.2, 0.25) is 0 Å². The minimum absolute atomic E-state index is 0.00154. The van der Waals surface area contributed by atoms with Gasteiger partial charge < -0.3 is 4.90 Å². The van der Waals surface area contributed by atoms with Crippen molar-refractivity contribution in [3.8, 4) is 44.5 Å². The van der Waals surface area contributed by atoms with Crippen molar-refractivity contribution in [2.75, 3.05) is 4.90 Å². The first kappa shape index (κ1) is 42.0. The first-order valence-corrected chi connectivity index (χ1v) is 27.1. The van der Waals surface area contributed by atoms with Crippen molar-refractivity contribution in [2.45, 2.75) is 77.0 Å². The van der Waals surface area contributed by atoms with Crippen LogP contribution in [-0.2, 0) is 16.2 Å². The van der Waals surface area contributed by atoms with E-state index in [9.17, 15) is 0 Å². The van der Waals surface area contributed by atoms with Crippen molar-refractivity contribution in [3.05, 3.63) is 210 Å². The normalized spacial score (nSPS) is 23.3. The van der Waals surface area contributed by atoms with Crippen LogP contribution in [0, 0.1) is 29.1 Å². The van der Waals surface area contributed by atoms with E-state index < -0.39 is 0 Å². The summed E-state index contributed by atoms with van der Waals surface area (Å²) in [6, 6.07) is 72.8. The Morgan fingerprint density at radius 2 is 1.03 bits per heavy atom. The number of para-hydroxylation sites is 1. The third kappa shape index (κ3) is 5.53. The van der Waals surface area contributed by atoms with Gasteiger partial charge in [0, 0.05) is 42.5 Å². The molecule has 0 bridgehead atoms. The quantitative estimate of drug-likeness (QED) is 0.161. The summed E-state index contributed by atoms with van der Waals surface area (Å²) in [5.74, 6) is 3.42. The molecule has 10 aromatic rings. The van der Waals surface area contributed by atoms with Crippen LogP contribution in [0.15, 0.2) is 188 Å². The van der Waals surface area contributed by atoms with Gasteiger partial charge in [0.05, 0.1) is 5.69 Å². The summed E-state index contributed by atoms with van der Waals surface area (Å²) in [4.78, 5) is 2.62. The Labute approximate surface area is 422 Å². The highest BCUT2D eigenvalue weighted by molar-refractivity contribution is 7.25. The van der Waals surface area contributed by atoms with Crippen LogP contribution in [-0.4, -0.2) is 0 Å². The Hall–Kier alpha value is -6.74. The van der Waals surface area contributed by atoms with E-state index >= 15 is 0 Å². The van der Waals surface area contributed by atoms with Gasteiger partial charge in [-0.15, -0.1) is 11.3 Å². The second kappa shape index (κ2) is 14.5. The van der Waals surface area contributed by atoms with Gasteiger partial charge in [-0.1, -0.05) is 187 Å². The Morgan fingerprint density at radius 1 is 0.437 bits per heavy atom. The molecule has 4 fully saturated rings. The molecule has 2 spiro atoms. The summed E-state index contributed by atoms with van der Waals surface area (Å²) in [6.07, 6.45) is 4.26. The van der Waals surface area contributed by atoms with Gasteiger partial charge in [0.1, 0.15) is 0 Å². The summed E-state index contributed by atoms with van der Waals surface area (Å²) in [7, 11) is 0. The lowest BCUT2D eigenvalue weighted by molar-refractivity contribution is -0.412. The predicted octanol–water partition coefficient (Wildman–Crippen LogP) is 19.2. The van der Waals surface area contributed by atoms with E-state index in [2.05, 4.69) is 234 Å². The molecule has 1 aromatic heterocycles. The van der Waals surface area contributed by atoms with Crippen molar-refractivity contribution in [2.24, 2.45) is 29.1 Å². The Bertz CT molecular complexity index is 3830. The second-order valence-electron chi connectivity index (χ2n) is 24.0. The summed E-state index contributed by atoms with van der Waals surface area (Å²) in [6.45, 7) is 14.1. The smallest absolute Gasteiger partial charge is 0.0540 e. The molecule has 1 heterocycles. The van der Waals surface area contributed by atoms with E-state index in [0.717, 1.165) is 23.7 Å². The minimum atomic E-state index is 0.00154. The monoisotopic (exact) mass is 933 g/mol. The Morgan fingerprint density at radius 3 is 1.77 bits per heavy atom.